The van der Waals surface area contributed by atoms with Crippen molar-refractivity contribution in [2.45, 2.75) is 11.8 Å². The predicted molar refractivity (Wildman–Crippen MR) is 73.9 cm³/mol. The quantitative estimate of drug-likeness (QED) is 0.425. The lowest BCUT2D eigenvalue weighted by Crippen LogP contribution is -2.13. The molecule has 0 atom stereocenters. The van der Waals surface area contributed by atoms with Crippen molar-refractivity contribution >= 4 is 41.6 Å². The molecule has 0 saturated carbocycles. The van der Waals surface area contributed by atoms with Gasteiger partial charge >= 0.3 is 5.97 Å². The van der Waals surface area contributed by atoms with Gasteiger partial charge in [-0.05, 0) is 19.1 Å². The van der Waals surface area contributed by atoms with Crippen molar-refractivity contribution < 1.29 is 27.1 Å². The molecule has 0 saturated heterocycles. The zero-order valence-electron chi connectivity index (χ0n) is 10.4. The summed E-state index contributed by atoms with van der Waals surface area (Å²) in [6.07, 6.45) is 0. The van der Waals surface area contributed by atoms with Gasteiger partial charge in [-0.1, -0.05) is 15.9 Å². The highest BCUT2D eigenvalue weighted by atomic mass is 79.9. The average molecular weight is 390 g/mol. The van der Waals surface area contributed by atoms with Crippen LogP contribution < -0.4 is 0 Å². The van der Waals surface area contributed by atoms with Gasteiger partial charge in [-0.15, -0.1) is 0 Å². The Balaban J connectivity index is 3.01. The molecule has 0 aliphatic heterocycles. The van der Waals surface area contributed by atoms with Crippen molar-refractivity contribution in [3.63, 3.8) is 0 Å². The van der Waals surface area contributed by atoms with Gasteiger partial charge in [0.2, 0.25) is 0 Å². The Morgan fingerprint density at radius 1 is 1.40 bits per heavy atom. The van der Waals surface area contributed by atoms with Gasteiger partial charge in [0.05, 0.1) is 12.2 Å². The molecule has 0 amide bonds. The Bertz CT molecular complexity index is 605. The molecule has 1 rings (SSSR count). The van der Waals surface area contributed by atoms with Crippen LogP contribution in [-0.4, -0.2) is 34.2 Å². The number of rotatable bonds is 6. The van der Waals surface area contributed by atoms with E-state index in [4.69, 9.17) is 20.2 Å². The van der Waals surface area contributed by atoms with E-state index < -0.39 is 31.3 Å². The van der Waals surface area contributed by atoms with Gasteiger partial charge in [0, 0.05) is 21.8 Å². The van der Waals surface area contributed by atoms with Crippen molar-refractivity contribution in [3.8, 4) is 0 Å². The minimum atomic E-state index is -4.31. The molecule has 0 heterocycles. The van der Waals surface area contributed by atoms with Gasteiger partial charge in [-0.3, -0.25) is 0 Å². The monoisotopic (exact) mass is 388 g/mol. The van der Waals surface area contributed by atoms with Crippen LogP contribution in [0.4, 0.5) is 4.39 Å². The minimum absolute atomic E-state index is 0.0679. The minimum Gasteiger partial charge on any atom is -0.460 e. The van der Waals surface area contributed by atoms with Crippen LogP contribution in [0.15, 0.2) is 21.5 Å². The van der Waals surface area contributed by atoms with E-state index in [9.17, 15) is 17.6 Å². The zero-order valence-corrected chi connectivity index (χ0v) is 13.5. The summed E-state index contributed by atoms with van der Waals surface area (Å²) in [5, 5.41) is 0. The number of benzene rings is 1. The second kappa shape index (κ2) is 7.35. The first kappa shape index (κ1) is 17.4. The van der Waals surface area contributed by atoms with Crippen LogP contribution in [0.3, 0.4) is 0 Å². The number of ether oxygens (including phenoxy) is 2. The molecule has 20 heavy (non-hydrogen) atoms. The van der Waals surface area contributed by atoms with E-state index in [1.165, 1.54) is 0 Å². The van der Waals surface area contributed by atoms with Crippen molar-refractivity contribution in [2.24, 2.45) is 0 Å². The highest BCUT2D eigenvalue weighted by Crippen LogP contribution is 2.27. The van der Waals surface area contributed by atoms with Crippen LogP contribution in [0.1, 0.15) is 17.3 Å². The molecule has 9 heteroatoms. The molecule has 0 bridgehead atoms. The summed E-state index contributed by atoms with van der Waals surface area (Å²) >= 11 is 2.98. The molecule has 1 aromatic carbocycles. The Kier molecular flexibility index (Phi) is 6.38. The van der Waals surface area contributed by atoms with E-state index in [1.807, 2.05) is 0 Å². The van der Waals surface area contributed by atoms with Crippen molar-refractivity contribution in [2.75, 3.05) is 19.8 Å². The lowest BCUT2D eigenvalue weighted by Gasteiger charge is -2.08. The van der Waals surface area contributed by atoms with Gasteiger partial charge in [0.15, 0.2) is 5.82 Å². The second-order valence-electron chi connectivity index (χ2n) is 3.54. The second-order valence-corrected chi connectivity index (χ2v) is 6.99. The maximum atomic E-state index is 14.0. The standard InChI is InChI=1S/C11H11BrClFO5S/c1-2-18-3-4-19-11(15)8-5-7(12)6-9(10(8)14)20(13,16)17/h5-6H,2-4H2,1H3. The number of hydrogen-bond acceptors (Lipinski definition) is 5. The summed E-state index contributed by atoms with van der Waals surface area (Å²) in [5.74, 6) is -2.24. The number of esters is 1. The molecular weight excluding hydrogens is 379 g/mol. The third-order valence-corrected chi connectivity index (χ3v) is 3.93. The molecule has 0 aliphatic carbocycles. The fraction of sp³-hybridized carbons (Fsp3) is 0.364. The van der Waals surface area contributed by atoms with E-state index in [1.54, 1.807) is 6.92 Å². The summed E-state index contributed by atoms with van der Waals surface area (Å²) < 4.78 is 46.3. The molecule has 0 aromatic heterocycles. The number of halogens is 3. The smallest absolute Gasteiger partial charge is 0.341 e. The van der Waals surface area contributed by atoms with Crippen molar-refractivity contribution in [1.82, 2.24) is 0 Å². The lowest BCUT2D eigenvalue weighted by atomic mass is 10.2. The van der Waals surface area contributed by atoms with Crippen molar-refractivity contribution in [1.29, 1.82) is 0 Å². The van der Waals surface area contributed by atoms with E-state index in [-0.39, 0.29) is 17.7 Å². The highest BCUT2D eigenvalue weighted by Gasteiger charge is 2.24. The normalized spacial score (nSPS) is 11.4. The molecule has 112 valence electrons. The maximum absolute atomic E-state index is 14.0. The summed E-state index contributed by atoms with van der Waals surface area (Å²) in [4.78, 5) is 10.9. The van der Waals surface area contributed by atoms with Gasteiger partial charge in [0.25, 0.3) is 9.05 Å². The number of carbonyl (C=O) groups excluding carboxylic acids is 1. The van der Waals surface area contributed by atoms with E-state index in [0.717, 1.165) is 12.1 Å². The highest BCUT2D eigenvalue weighted by molar-refractivity contribution is 9.10. The van der Waals surface area contributed by atoms with E-state index in [2.05, 4.69) is 15.9 Å². The van der Waals surface area contributed by atoms with Gasteiger partial charge in [-0.2, -0.15) is 0 Å². The molecule has 1 aromatic rings. The Hall–Kier alpha value is -0.700. The molecular formula is C11H11BrClFO5S. The summed E-state index contributed by atoms with van der Waals surface area (Å²) in [5.41, 5.74) is -0.518. The van der Waals surface area contributed by atoms with Crippen LogP contribution in [0.25, 0.3) is 0 Å². The fourth-order valence-electron chi connectivity index (χ4n) is 1.31. The molecule has 0 radical (unpaired) electrons. The maximum Gasteiger partial charge on any atom is 0.341 e. The summed E-state index contributed by atoms with van der Waals surface area (Å²) in [6.45, 7) is 2.32. The average Bonchev–Trinajstić information content (AvgIpc) is 2.35. The molecule has 5 nitrogen and oxygen atoms in total. The molecule has 0 fully saturated rings. The largest absolute Gasteiger partial charge is 0.460 e. The third kappa shape index (κ3) is 4.69. The Morgan fingerprint density at radius 2 is 2.05 bits per heavy atom. The molecule has 0 spiro atoms. The van der Waals surface area contributed by atoms with Gasteiger partial charge in [0.1, 0.15) is 11.5 Å². The van der Waals surface area contributed by atoms with Crippen molar-refractivity contribution in [3.05, 3.63) is 28.0 Å². The molecule has 0 unspecified atom stereocenters. The summed E-state index contributed by atoms with van der Waals surface area (Å²) in [7, 11) is 0.791. The predicted octanol–water partition coefficient (Wildman–Crippen LogP) is 2.71. The third-order valence-electron chi connectivity index (χ3n) is 2.15. The van der Waals surface area contributed by atoms with Crippen LogP contribution in [0.2, 0.25) is 0 Å². The number of carbonyl (C=O) groups is 1. The summed E-state index contributed by atoms with van der Waals surface area (Å²) in [6, 6.07) is 2.08. The number of hydrogen-bond donors (Lipinski definition) is 0. The van der Waals surface area contributed by atoms with Crippen LogP contribution in [-0.2, 0) is 18.5 Å². The first-order chi connectivity index (χ1) is 9.27. The first-order valence-corrected chi connectivity index (χ1v) is 8.56. The van der Waals surface area contributed by atoms with Gasteiger partial charge < -0.3 is 9.47 Å². The van der Waals surface area contributed by atoms with E-state index in [0.29, 0.717) is 6.61 Å². The van der Waals surface area contributed by atoms with Gasteiger partial charge in [-0.25, -0.2) is 17.6 Å². The first-order valence-electron chi connectivity index (χ1n) is 5.46. The van der Waals surface area contributed by atoms with Crippen LogP contribution in [0.5, 0.6) is 0 Å². The fourth-order valence-corrected chi connectivity index (χ4v) is 2.84. The van der Waals surface area contributed by atoms with E-state index >= 15 is 0 Å². The molecule has 0 N–H and O–H groups in total. The van der Waals surface area contributed by atoms with Crippen LogP contribution >= 0.6 is 26.6 Å². The Labute approximate surface area is 128 Å². The SMILES string of the molecule is CCOCCOC(=O)c1cc(Br)cc(S(=O)(=O)Cl)c1F. The van der Waals surface area contributed by atoms with Crippen LogP contribution in [0, 0.1) is 5.82 Å². The lowest BCUT2D eigenvalue weighted by molar-refractivity contribution is 0.0330. The topological polar surface area (TPSA) is 69.7 Å². The molecule has 0 aliphatic rings. The zero-order chi connectivity index (χ0) is 15.3. The Morgan fingerprint density at radius 3 is 2.60 bits per heavy atom.